The third kappa shape index (κ3) is 5.52. The van der Waals surface area contributed by atoms with Gasteiger partial charge in [-0.3, -0.25) is 14.6 Å². The zero-order valence-corrected chi connectivity index (χ0v) is 23.9. The molecule has 0 radical (unpaired) electrons. The Hall–Kier alpha value is -2.50. The first kappa shape index (κ1) is 26.4. The lowest BCUT2D eigenvalue weighted by Crippen LogP contribution is -2.59. The monoisotopic (exact) mass is 562 g/mol. The molecule has 0 spiro atoms. The highest BCUT2D eigenvalue weighted by molar-refractivity contribution is 7.22. The number of hydrogen-bond acceptors (Lipinski definition) is 9. The van der Waals surface area contributed by atoms with Crippen molar-refractivity contribution in [3.63, 3.8) is 0 Å². The van der Waals surface area contributed by atoms with Crippen molar-refractivity contribution in [3.8, 4) is 11.1 Å². The predicted octanol–water partition coefficient (Wildman–Crippen LogP) is 4.07. The van der Waals surface area contributed by atoms with Gasteiger partial charge >= 0.3 is 0 Å². The summed E-state index contributed by atoms with van der Waals surface area (Å²) in [6.07, 6.45) is 10.4. The number of ether oxygens (including phenoxy) is 1. The fourth-order valence-corrected chi connectivity index (χ4v) is 7.52. The van der Waals surface area contributed by atoms with Crippen LogP contribution in [0.5, 0.6) is 0 Å². The summed E-state index contributed by atoms with van der Waals surface area (Å²) in [5, 5.41) is 13.7. The molecule has 4 fully saturated rings. The van der Waals surface area contributed by atoms with Gasteiger partial charge in [-0.1, -0.05) is 17.4 Å². The second-order valence-corrected chi connectivity index (χ2v) is 13.1. The summed E-state index contributed by atoms with van der Waals surface area (Å²) < 4.78 is 6.82. The number of fused-ring (bicyclic) bond motifs is 1. The fourth-order valence-electron chi connectivity index (χ4n) is 6.61. The molecule has 2 aromatic heterocycles. The molecule has 7 rings (SSSR count). The van der Waals surface area contributed by atoms with Gasteiger partial charge in [-0.05, 0) is 69.6 Å². The third-order valence-corrected chi connectivity index (χ3v) is 10.2. The molecule has 1 amide bonds. The Morgan fingerprint density at radius 2 is 1.93 bits per heavy atom. The molecule has 3 aliphatic carbocycles. The van der Waals surface area contributed by atoms with Gasteiger partial charge in [0.1, 0.15) is 6.61 Å². The van der Waals surface area contributed by atoms with Gasteiger partial charge in [0, 0.05) is 61.6 Å². The number of thiazole rings is 1. The van der Waals surface area contributed by atoms with Gasteiger partial charge < -0.3 is 15.2 Å². The van der Waals surface area contributed by atoms with Crippen molar-refractivity contribution in [2.75, 3.05) is 25.0 Å². The van der Waals surface area contributed by atoms with Crippen molar-refractivity contribution >= 4 is 32.6 Å². The van der Waals surface area contributed by atoms with Crippen LogP contribution in [-0.4, -0.2) is 85.7 Å². The van der Waals surface area contributed by atoms with Gasteiger partial charge in [-0.2, -0.15) is 0 Å². The lowest BCUT2D eigenvalue weighted by molar-refractivity contribution is -0.125. The van der Waals surface area contributed by atoms with E-state index in [9.17, 15) is 9.90 Å². The molecule has 1 unspecified atom stereocenters. The van der Waals surface area contributed by atoms with Crippen molar-refractivity contribution in [2.24, 2.45) is 5.92 Å². The first-order chi connectivity index (χ1) is 19.5. The molecule has 3 aromatic rings. The standard InChI is InChI=1S/C30H38N6O3S/c1-18-16-35(22-6-7-22)9-10-36(18)23-11-20(12-23)29(38)34-30-33-24-8-5-19(13-27(24)40-30)21-14-31-28(32-15-21)17-39-26-4-2-3-25(26)37/h5,8,13-15,18,20,22-23,25-26,37H,2-4,6-7,9-12,16-17H2,1H3,(H,33,34,38)/t18?,20?,23?,25-,26-/m0/s1. The average Bonchev–Trinajstić information content (AvgIpc) is 3.58. The van der Waals surface area contributed by atoms with E-state index in [-0.39, 0.29) is 24.0 Å². The van der Waals surface area contributed by atoms with Gasteiger partial charge in [-0.25, -0.2) is 15.0 Å². The van der Waals surface area contributed by atoms with E-state index in [0.717, 1.165) is 66.0 Å². The Morgan fingerprint density at radius 3 is 2.65 bits per heavy atom. The molecular weight excluding hydrogens is 524 g/mol. The van der Waals surface area contributed by atoms with Gasteiger partial charge in [0.2, 0.25) is 5.91 Å². The maximum Gasteiger partial charge on any atom is 0.229 e. The van der Waals surface area contributed by atoms with E-state index >= 15 is 0 Å². The Labute approximate surface area is 239 Å². The number of aliphatic hydroxyl groups is 1. The predicted molar refractivity (Wildman–Crippen MR) is 155 cm³/mol. The van der Waals surface area contributed by atoms with E-state index in [1.807, 2.05) is 12.1 Å². The molecule has 2 N–H and O–H groups in total. The molecular formula is C30H38N6O3S. The van der Waals surface area contributed by atoms with Crippen LogP contribution in [0.1, 0.15) is 57.7 Å². The van der Waals surface area contributed by atoms with Crippen LogP contribution in [0.25, 0.3) is 21.3 Å². The maximum absolute atomic E-state index is 13.0. The maximum atomic E-state index is 13.0. The number of nitrogens with one attached hydrogen (secondary N) is 1. The lowest BCUT2D eigenvalue weighted by atomic mass is 9.78. The van der Waals surface area contributed by atoms with Crippen LogP contribution in [0, 0.1) is 5.92 Å². The highest BCUT2D eigenvalue weighted by atomic mass is 32.1. The second-order valence-electron chi connectivity index (χ2n) is 12.1. The highest BCUT2D eigenvalue weighted by Crippen LogP contribution is 2.37. The molecule has 3 heterocycles. The van der Waals surface area contributed by atoms with Crippen molar-refractivity contribution < 1.29 is 14.6 Å². The summed E-state index contributed by atoms with van der Waals surface area (Å²) in [6.45, 7) is 6.11. The highest BCUT2D eigenvalue weighted by Gasteiger charge is 2.42. The third-order valence-electron chi connectivity index (χ3n) is 9.23. The number of piperazine rings is 1. The van der Waals surface area contributed by atoms with Crippen molar-refractivity contribution in [1.82, 2.24) is 24.8 Å². The van der Waals surface area contributed by atoms with Crippen LogP contribution in [0.3, 0.4) is 0 Å². The van der Waals surface area contributed by atoms with Crippen LogP contribution in [0.15, 0.2) is 30.6 Å². The topological polar surface area (TPSA) is 104 Å². The molecule has 1 aliphatic heterocycles. The molecule has 212 valence electrons. The van der Waals surface area contributed by atoms with Crippen LogP contribution in [-0.2, 0) is 16.1 Å². The van der Waals surface area contributed by atoms with E-state index in [1.165, 1.54) is 37.3 Å². The summed E-state index contributed by atoms with van der Waals surface area (Å²) in [5.74, 6) is 0.772. The number of hydrogen-bond donors (Lipinski definition) is 2. The van der Waals surface area contributed by atoms with Gasteiger partial charge in [0.15, 0.2) is 11.0 Å². The molecule has 1 saturated heterocycles. The molecule has 1 aromatic carbocycles. The largest absolute Gasteiger partial charge is 0.390 e. The normalized spacial score (nSPS) is 29.5. The van der Waals surface area contributed by atoms with Crippen molar-refractivity contribution in [2.45, 2.75) is 88.8 Å². The Morgan fingerprint density at radius 1 is 1.10 bits per heavy atom. The van der Waals surface area contributed by atoms with Gasteiger partial charge in [0.05, 0.1) is 22.4 Å². The number of nitrogens with zero attached hydrogens (tertiary/aromatic N) is 5. The Bertz CT molecular complexity index is 1360. The van der Waals surface area contributed by atoms with Gasteiger partial charge in [0.25, 0.3) is 0 Å². The van der Waals surface area contributed by atoms with Crippen LogP contribution < -0.4 is 5.32 Å². The zero-order chi connectivity index (χ0) is 27.2. The number of amides is 1. The van der Waals surface area contributed by atoms with Gasteiger partial charge in [-0.15, -0.1) is 0 Å². The minimum atomic E-state index is -0.382. The molecule has 4 aliphatic rings. The average molecular weight is 563 g/mol. The molecule has 0 bridgehead atoms. The summed E-state index contributed by atoms with van der Waals surface area (Å²) in [5.41, 5.74) is 2.79. The number of aromatic nitrogens is 3. The first-order valence-electron chi connectivity index (χ1n) is 14.8. The Kier molecular flexibility index (Phi) is 7.30. The van der Waals surface area contributed by atoms with Crippen molar-refractivity contribution in [3.05, 3.63) is 36.4 Å². The number of carbonyl (C=O) groups excluding carboxylic acids is 1. The summed E-state index contributed by atoms with van der Waals surface area (Å²) >= 11 is 1.51. The first-order valence-corrected chi connectivity index (χ1v) is 15.6. The quantitative estimate of drug-likeness (QED) is 0.424. The SMILES string of the molecule is CC1CN(C2CC2)CCN1C1CC(C(=O)Nc2nc3ccc(-c4cnc(CO[C@H]5CCC[C@@H]5O)nc4)cc3s2)C1. The smallest absolute Gasteiger partial charge is 0.229 e. The van der Waals surface area contributed by atoms with Crippen LogP contribution in [0.2, 0.25) is 0 Å². The van der Waals surface area contributed by atoms with E-state index in [1.54, 1.807) is 12.4 Å². The number of rotatable bonds is 8. The molecule has 40 heavy (non-hydrogen) atoms. The number of benzene rings is 1. The number of anilines is 1. The van der Waals surface area contributed by atoms with Crippen LogP contribution >= 0.6 is 11.3 Å². The minimum Gasteiger partial charge on any atom is -0.390 e. The molecule has 10 heteroatoms. The van der Waals surface area contributed by atoms with E-state index < -0.39 is 0 Å². The summed E-state index contributed by atoms with van der Waals surface area (Å²) in [4.78, 5) is 31.9. The van der Waals surface area contributed by atoms with E-state index in [4.69, 9.17) is 4.74 Å². The summed E-state index contributed by atoms with van der Waals surface area (Å²) in [6, 6.07) is 8.01. The van der Waals surface area contributed by atoms with Crippen molar-refractivity contribution in [1.29, 1.82) is 0 Å². The van der Waals surface area contributed by atoms with E-state index in [0.29, 0.717) is 29.6 Å². The van der Waals surface area contributed by atoms with E-state index in [2.05, 4.69) is 43.1 Å². The molecule has 3 atom stereocenters. The van der Waals surface area contributed by atoms with Crippen LogP contribution in [0.4, 0.5) is 5.13 Å². The second kappa shape index (κ2) is 11.1. The Balaban J connectivity index is 0.927. The lowest BCUT2D eigenvalue weighted by Gasteiger charge is -2.49. The molecule has 9 nitrogen and oxygen atoms in total. The summed E-state index contributed by atoms with van der Waals surface area (Å²) in [7, 11) is 0. The molecule has 3 saturated carbocycles. The number of aliphatic hydroxyl groups excluding tert-OH is 1. The fraction of sp³-hybridized carbons (Fsp3) is 0.600. The number of carbonyl (C=O) groups is 1. The minimum absolute atomic E-state index is 0.0674. The zero-order valence-electron chi connectivity index (χ0n) is 23.0.